The molecule has 2 aliphatic heterocycles. The molecule has 1 N–H and O–H groups in total. The third kappa shape index (κ3) is 5.07. The molecule has 0 spiro atoms. The molecule has 2 fully saturated rings. The van der Waals surface area contributed by atoms with Gasteiger partial charge in [-0.05, 0) is 42.5 Å². The van der Waals surface area contributed by atoms with Crippen LogP contribution in [-0.4, -0.2) is 68.3 Å². The molecular weight excluding hydrogens is 517 g/mol. The van der Waals surface area contributed by atoms with Gasteiger partial charge in [0, 0.05) is 44.6 Å². The molecule has 2 aliphatic rings. The summed E-state index contributed by atoms with van der Waals surface area (Å²) in [5.41, 5.74) is 1.34. The van der Waals surface area contributed by atoms with Gasteiger partial charge in [-0.1, -0.05) is 30.0 Å². The van der Waals surface area contributed by atoms with Crippen LogP contribution in [0.2, 0.25) is 0 Å². The van der Waals surface area contributed by atoms with Crippen LogP contribution in [0.4, 0.5) is 15.9 Å². The zero-order chi connectivity index (χ0) is 26.1. The topological polar surface area (TPSA) is 98.5 Å². The lowest BCUT2D eigenvalue weighted by atomic mass is 10.2. The van der Waals surface area contributed by atoms with E-state index in [-0.39, 0.29) is 39.1 Å². The van der Waals surface area contributed by atoms with Gasteiger partial charge in [0.15, 0.2) is 0 Å². The number of nitrogens with zero attached hydrogens (tertiary/aromatic N) is 5. The van der Waals surface area contributed by atoms with Gasteiger partial charge >= 0.3 is 5.97 Å². The van der Waals surface area contributed by atoms with Crippen LogP contribution in [-0.2, 0) is 9.59 Å². The van der Waals surface area contributed by atoms with Gasteiger partial charge in [-0.15, -0.1) is 0 Å². The molecule has 5 rings (SSSR count). The number of benzene rings is 1. The van der Waals surface area contributed by atoms with Crippen molar-refractivity contribution < 1.29 is 19.1 Å². The van der Waals surface area contributed by atoms with Crippen molar-refractivity contribution in [2.75, 3.05) is 42.5 Å². The van der Waals surface area contributed by atoms with E-state index in [9.17, 15) is 18.8 Å². The fraction of sp³-hybridized carbons (Fsp3) is 0.240. The maximum atomic E-state index is 13.5. The van der Waals surface area contributed by atoms with Crippen molar-refractivity contribution in [1.29, 1.82) is 0 Å². The number of carboxylic acid groups (broad SMARTS) is 1. The van der Waals surface area contributed by atoms with Crippen molar-refractivity contribution in [3.8, 4) is 0 Å². The van der Waals surface area contributed by atoms with Crippen LogP contribution in [0.25, 0.3) is 11.7 Å². The first kappa shape index (κ1) is 24.9. The van der Waals surface area contributed by atoms with Crippen molar-refractivity contribution in [2.24, 2.45) is 0 Å². The number of carbonyl (C=O) groups is 2. The van der Waals surface area contributed by atoms with Crippen molar-refractivity contribution >= 4 is 63.4 Å². The molecule has 1 aromatic carbocycles. The van der Waals surface area contributed by atoms with E-state index in [0.29, 0.717) is 37.6 Å². The molecule has 0 atom stereocenters. The first-order valence-electron chi connectivity index (χ1n) is 11.6. The fourth-order valence-corrected chi connectivity index (χ4v) is 5.61. The van der Waals surface area contributed by atoms with Gasteiger partial charge in [-0.3, -0.25) is 23.7 Å². The molecule has 0 bridgehead atoms. The van der Waals surface area contributed by atoms with Crippen LogP contribution in [0.1, 0.15) is 12.0 Å². The third-order valence-corrected chi connectivity index (χ3v) is 7.60. The monoisotopic (exact) mass is 539 g/mol. The summed E-state index contributed by atoms with van der Waals surface area (Å²) >= 11 is 6.33. The molecule has 0 saturated carbocycles. The average Bonchev–Trinajstić information content (AvgIpc) is 3.16. The van der Waals surface area contributed by atoms with Crippen LogP contribution in [0.15, 0.2) is 58.4 Å². The number of hydrogen-bond acceptors (Lipinski definition) is 8. The molecule has 0 aliphatic carbocycles. The van der Waals surface area contributed by atoms with Crippen LogP contribution in [0.5, 0.6) is 0 Å². The van der Waals surface area contributed by atoms with Crippen molar-refractivity contribution in [2.45, 2.75) is 6.42 Å². The predicted octanol–water partition coefficient (Wildman–Crippen LogP) is 2.84. The lowest BCUT2D eigenvalue weighted by Gasteiger charge is -2.37. The Kier molecular flexibility index (Phi) is 6.94. The molecule has 12 heteroatoms. The van der Waals surface area contributed by atoms with Crippen molar-refractivity contribution in [3.05, 3.63) is 75.3 Å². The van der Waals surface area contributed by atoms with E-state index in [1.54, 1.807) is 36.5 Å². The molecular formula is C25H22FN5O4S2. The minimum Gasteiger partial charge on any atom is -0.481 e. The summed E-state index contributed by atoms with van der Waals surface area (Å²) in [6, 6.07) is 11.6. The summed E-state index contributed by atoms with van der Waals surface area (Å²) in [5, 5.41) is 8.99. The van der Waals surface area contributed by atoms with Gasteiger partial charge in [-0.2, -0.15) is 0 Å². The van der Waals surface area contributed by atoms with Crippen LogP contribution in [0, 0.1) is 5.82 Å². The van der Waals surface area contributed by atoms with E-state index in [0.717, 1.165) is 17.4 Å². The first-order valence-corrected chi connectivity index (χ1v) is 12.8. The highest BCUT2D eigenvalue weighted by Gasteiger charge is 2.33. The number of anilines is 2. The standard InChI is InChI=1S/C25H22FN5O4S2/c26-16-4-6-17(7-5-16)28-11-13-29(14-12-28)22-18(23(34)30-9-2-1-3-20(30)27-22)15-19-24(35)31(25(36)37-19)10-8-21(32)33/h1-7,9,15H,8,10-14H2,(H,32,33). The Morgan fingerprint density at radius 1 is 1.08 bits per heavy atom. The Morgan fingerprint density at radius 2 is 1.78 bits per heavy atom. The number of pyridine rings is 1. The second kappa shape index (κ2) is 10.3. The summed E-state index contributed by atoms with van der Waals surface area (Å²) in [6.45, 7) is 2.36. The number of aliphatic carboxylic acids is 1. The van der Waals surface area contributed by atoms with Gasteiger partial charge in [0.1, 0.15) is 21.6 Å². The Labute approximate surface area is 220 Å². The maximum Gasteiger partial charge on any atom is 0.305 e. The molecule has 190 valence electrons. The zero-order valence-corrected chi connectivity index (χ0v) is 21.2. The van der Waals surface area contributed by atoms with Crippen LogP contribution >= 0.6 is 24.0 Å². The lowest BCUT2D eigenvalue weighted by Crippen LogP contribution is -2.47. The van der Waals surface area contributed by atoms with Crippen molar-refractivity contribution in [3.63, 3.8) is 0 Å². The fourth-order valence-electron chi connectivity index (χ4n) is 4.32. The molecule has 4 heterocycles. The third-order valence-electron chi connectivity index (χ3n) is 6.22. The SMILES string of the molecule is O=C(O)CCN1C(=O)C(=Cc2c(N3CCN(c4ccc(F)cc4)CC3)nc3ccccn3c2=O)SC1=S. The highest BCUT2D eigenvalue weighted by Crippen LogP contribution is 2.34. The number of amides is 1. The molecule has 0 radical (unpaired) electrons. The number of carboxylic acids is 1. The molecule has 2 saturated heterocycles. The van der Waals surface area contributed by atoms with Crippen molar-refractivity contribution in [1.82, 2.24) is 14.3 Å². The Bertz CT molecular complexity index is 1480. The summed E-state index contributed by atoms with van der Waals surface area (Å²) in [6.07, 6.45) is 2.90. The number of thioether (sulfide) groups is 1. The van der Waals surface area contributed by atoms with Crippen LogP contribution in [0.3, 0.4) is 0 Å². The number of hydrogen-bond donors (Lipinski definition) is 1. The Morgan fingerprint density at radius 3 is 2.49 bits per heavy atom. The highest BCUT2D eigenvalue weighted by molar-refractivity contribution is 8.26. The Hall–Kier alpha value is -3.77. The molecule has 2 aromatic heterocycles. The number of piperazine rings is 1. The van der Waals surface area contributed by atoms with Gasteiger partial charge in [-0.25, -0.2) is 9.37 Å². The largest absolute Gasteiger partial charge is 0.481 e. The molecule has 9 nitrogen and oxygen atoms in total. The molecule has 37 heavy (non-hydrogen) atoms. The quantitative estimate of drug-likeness (QED) is 0.375. The number of halogens is 1. The summed E-state index contributed by atoms with van der Waals surface area (Å²) in [4.78, 5) is 47.9. The summed E-state index contributed by atoms with van der Waals surface area (Å²) < 4.78 is 15.0. The highest BCUT2D eigenvalue weighted by atomic mass is 32.2. The second-order valence-corrected chi connectivity index (χ2v) is 10.2. The number of aromatic nitrogens is 2. The van der Waals surface area contributed by atoms with Gasteiger partial charge in [0.2, 0.25) is 0 Å². The predicted molar refractivity (Wildman–Crippen MR) is 144 cm³/mol. The van der Waals surface area contributed by atoms with E-state index in [1.165, 1.54) is 27.5 Å². The van der Waals surface area contributed by atoms with Gasteiger partial charge in [0.25, 0.3) is 11.5 Å². The van der Waals surface area contributed by atoms with Gasteiger partial charge < -0.3 is 14.9 Å². The van der Waals surface area contributed by atoms with E-state index in [2.05, 4.69) is 4.90 Å². The number of fused-ring (bicyclic) bond motifs is 1. The number of carbonyl (C=O) groups excluding carboxylic acids is 1. The normalized spacial score (nSPS) is 17.3. The second-order valence-electron chi connectivity index (χ2n) is 8.51. The average molecular weight is 540 g/mol. The van der Waals surface area contributed by atoms with Crippen LogP contribution < -0.4 is 15.4 Å². The van der Waals surface area contributed by atoms with E-state index in [1.807, 2.05) is 4.90 Å². The summed E-state index contributed by atoms with van der Waals surface area (Å²) in [5.74, 6) is -1.29. The smallest absolute Gasteiger partial charge is 0.305 e. The molecule has 1 amide bonds. The first-order chi connectivity index (χ1) is 17.8. The summed E-state index contributed by atoms with van der Waals surface area (Å²) in [7, 11) is 0. The maximum absolute atomic E-state index is 13.5. The lowest BCUT2D eigenvalue weighted by molar-refractivity contribution is -0.137. The van der Waals surface area contributed by atoms with E-state index >= 15 is 0 Å². The molecule has 3 aromatic rings. The van der Waals surface area contributed by atoms with E-state index < -0.39 is 11.9 Å². The number of thiocarbonyl (C=S) groups is 1. The Balaban J connectivity index is 1.48. The minimum absolute atomic E-state index is 0.0372. The minimum atomic E-state index is -1.03. The zero-order valence-electron chi connectivity index (χ0n) is 19.5. The van der Waals surface area contributed by atoms with E-state index in [4.69, 9.17) is 22.3 Å². The number of rotatable bonds is 6. The molecule has 0 unspecified atom stereocenters. The van der Waals surface area contributed by atoms with Gasteiger partial charge in [0.05, 0.1) is 16.9 Å².